The smallest absolute Gasteiger partial charge is 0.223 e. The number of amides is 1. The van der Waals surface area contributed by atoms with Gasteiger partial charge in [0, 0.05) is 58.5 Å². The summed E-state index contributed by atoms with van der Waals surface area (Å²) < 4.78 is 5.06. The molecule has 1 saturated heterocycles. The zero-order valence-corrected chi connectivity index (χ0v) is 13.5. The summed E-state index contributed by atoms with van der Waals surface area (Å²) in [6.45, 7) is 6.64. The molecule has 0 aromatic carbocycles. The molecule has 0 bridgehead atoms. The lowest BCUT2D eigenvalue weighted by Crippen LogP contribution is -2.49. The van der Waals surface area contributed by atoms with Crippen molar-refractivity contribution in [3.05, 3.63) is 24.4 Å². The van der Waals surface area contributed by atoms with E-state index in [0.717, 1.165) is 32.0 Å². The Bertz CT molecular complexity index is 447. The minimum absolute atomic E-state index is 0.220. The highest BCUT2D eigenvalue weighted by molar-refractivity contribution is 5.76. The molecule has 0 aliphatic carbocycles. The average molecular weight is 306 g/mol. The van der Waals surface area contributed by atoms with Gasteiger partial charge in [-0.05, 0) is 19.1 Å². The first-order valence-electron chi connectivity index (χ1n) is 7.87. The fourth-order valence-electron chi connectivity index (χ4n) is 2.62. The van der Waals surface area contributed by atoms with Gasteiger partial charge in [0.1, 0.15) is 5.82 Å². The molecule has 6 heteroatoms. The minimum atomic E-state index is 0.220. The zero-order valence-electron chi connectivity index (χ0n) is 13.5. The van der Waals surface area contributed by atoms with Crippen LogP contribution in [-0.2, 0) is 9.53 Å². The number of rotatable bonds is 7. The molecule has 1 atom stereocenters. The lowest BCUT2D eigenvalue weighted by atomic mass is 10.2. The van der Waals surface area contributed by atoms with E-state index in [1.165, 1.54) is 0 Å². The molecule has 1 aromatic heterocycles. The van der Waals surface area contributed by atoms with Gasteiger partial charge in [0.05, 0.1) is 6.61 Å². The van der Waals surface area contributed by atoms with Crippen LogP contribution in [0.2, 0.25) is 0 Å². The Balaban J connectivity index is 1.69. The van der Waals surface area contributed by atoms with Crippen molar-refractivity contribution in [3.63, 3.8) is 0 Å². The van der Waals surface area contributed by atoms with Gasteiger partial charge in [-0.25, -0.2) is 4.98 Å². The number of hydrogen-bond donors (Lipinski definition) is 1. The number of anilines is 1. The van der Waals surface area contributed by atoms with E-state index in [1.54, 1.807) is 13.3 Å². The molecule has 1 N–H and O–H groups in total. The second-order valence-electron chi connectivity index (χ2n) is 5.62. The van der Waals surface area contributed by atoms with E-state index < -0.39 is 0 Å². The number of ether oxygens (including phenoxy) is 1. The van der Waals surface area contributed by atoms with Gasteiger partial charge < -0.3 is 19.9 Å². The second kappa shape index (κ2) is 8.70. The Labute approximate surface area is 132 Å². The van der Waals surface area contributed by atoms with Gasteiger partial charge in [-0.15, -0.1) is 0 Å². The molecule has 122 valence electrons. The number of hydrogen-bond acceptors (Lipinski definition) is 5. The monoisotopic (exact) mass is 306 g/mol. The van der Waals surface area contributed by atoms with Crippen LogP contribution in [0.5, 0.6) is 0 Å². The predicted molar refractivity (Wildman–Crippen MR) is 87.0 cm³/mol. The van der Waals surface area contributed by atoms with Gasteiger partial charge in [0.15, 0.2) is 0 Å². The maximum Gasteiger partial charge on any atom is 0.223 e. The van der Waals surface area contributed by atoms with E-state index in [-0.39, 0.29) is 11.9 Å². The van der Waals surface area contributed by atoms with Gasteiger partial charge in [-0.3, -0.25) is 4.79 Å². The van der Waals surface area contributed by atoms with Crippen molar-refractivity contribution in [2.75, 3.05) is 51.3 Å². The summed E-state index contributed by atoms with van der Waals surface area (Å²) >= 11 is 0. The molecular formula is C16H26N4O2. The molecule has 0 saturated carbocycles. The van der Waals surface area contributed by atoms with Crippen LogP contribution >= 0.6 is 0 Å². The molecule has 1 aromatic rings. The van der Waals surface area contributed by atoms with E-state index in [1.807, 2.05) is 23.1 Å². The normalized spacial score (nSPS) is 16.6. The number of piperazine rings is 1. The third-order valence-corrected chi connectivity index (χ3v) is 3.85. The third-order valence-electron chi connectivity index (χ3n) is 3.85. The highest BCUT2D eigenvalue weighted by atomic mass is 16.5. The Kier molecular flexibility index (Phi) is 6.61. The van der Waals surface area contributed by atoms with Crippen molar-refractivity contribution in [1.29, 1.82) is 0 Å². The summed E-state index contributed by atoms with van der Waals surface area (Å²) in [6.07, 6.45) is 2.34. The Hall–Kier alpha value is -1.66. The number of carbonyl (C=O) groups is 1. The van der Waals surface area contributed by atoms with Crippen LogP contribution in [0, 0.1) is 0 Å². The quantitative estimate of drug-likeness (QED) is 0.805. The van der Waals surface area contributed by atoms with Crippen LogP contribution in [0.15, 0.2) is 24.4 Å². The van der Waals surface area contributed by atoms with Crippen LogP contribution < -0.4 is 10.2 Å². The Morgan fingerprint density at radius 1 is 1.36 bits per heavy atom. The molecular weight excluding hydrogens is 280 g/mol. The van der Waals surface area contributed by atoms with E-state index in [9.17, 15) is 4.79 Å². The van der Waals surface area contributed by atoms with Crippen LogP contribution in [0.1, 0.15) is 13.3 Å². The zero-order chi connectivity index (χ0) is 15.8. The lowest BCUT2D eigenvalue weighted by Gasteiger charge is -2.35. The molecule has 2 heterocycles. The standard InChI is InChI=1S/C16H26N4O2/c1-14(13-22-2)17-8-6-16(21)20-11-9-19(10-12-20)15-5-3-4-7-18-15/h3-5,7,14,17H,6,8-13H2,1-2H3. The number of aromatic nitrogens is 1. The molecule has 1 aliphatic heterocycles. The number of methoxy groups -OCH3 is 1. The summed E-state index contributed by atoms with van der Waals surface area (Å²) in [4.78, 5) is 20.7. The van der Waals surface area contributed by atoms with E-state index >= 15 is 0 Å². The SMILES string of the molecule is COCC(C)NCCC(=O)N1CCN(c2ccccn2)CC1. The van der Waals surface area contributed by atoms with Crippen molar-refractivity contribution >= 4 is 11.7 Å². The Morgan fingerprint density at radius 3 is 2.77 bits per heavy atom. The van der Waals surface area contributed by atoms with Crippen LogP contribution in [-0.4, -0.2) is 68.3 Å². The number of nitrogens with one attached hydrogen (secondary N) is 1. The van der Waals surface area contributed by atoms with E-state index in [0.29, 0.717) is 19.6 Å². The minimum Gasteiger partial charge on any atom is -0.383 e. The van der Waals surface area contributed by atoms with E-state index in [4.69, 9.17) is 4.74 Å². The van der Waals surface area contributed by atoms with Gasteiger partial charge >= 0.3 is 0 Å². The van der Waals surface area contributed by atoms with Crippen LogP contribution in [0.4, 0.5) is 5.82 Å². The maximum atomic E-state index is 12.2. The third kappa shape index (κ3) is 4.96. The number of nitrogens with zero attached hydrogens (tertiary/aromatic N) is 3. The predicted octanol–water partition coefficient (Wildman–Crippen LogP) is 0.745. The molecule has 1 fully saturated rings. The molecule has 6 nitrogen and oxygen atoms in total. The van der Waals surface area contributed by atoms with Crippen molar-refractivity contribution < 1.29 is 9.53 Å². The first-order valence-corrected chi connectivity index (χ1v) is 7.87. The average Bonchev–Trinajstić information content (AvgIpc) is 2.56. The van der Waals surface area contributed by atoms with Gasteiger partial charge in [0.2, 0.25) is 5.91 Å². The lowest BCUT2D eigenvalue weighted by molar-refractivity contribution is -0.131. The second-order valence-corrected chi connectivity index (χ2v) is 5.62. The van der Waals surface area contributed by atoms with E-state index in [2.05, 4.69) is 22.1 Å². The number of pyridine rings is 1. The molecule has 0 spiro atoms. The Morgan fingerprint density at radius 2 is 2.14 bits per heavy atom. The summed E-state index contributed by atoms with van der Waals surface area (Å²) in [5, 5.41) is 3.30. The largest absolute Gasteiger partial charge is 0.383 e. The van der Waals surface area contributed by atoms with Crippen molar-refractivity contribution in [2.24, 2.45) is 0 Å². The summed E-state index contributed by atoms with van der Waals surface area (Å²) in [6, 6.07) is 6.20. The highest BCUT2D eigenvalue weighted by Crippen LogP contribution is 2.12. The summed E-state index contributed by atoms with van der Waals surface area (Å²) in [5.74, 6) is 1.21. The summed E-state index contributed by atoms with van der Waals surface area (Å²) in [5.41, 5.74) is 0. The molecule has 1 aliphatic rings. The molecule has 1 amide bonds. The van der Waals surface area contributed by atoms with Crippen LogP contribution in [0.25, 0.3) is 0 Å². The fourth-order valence-corrected chi connectivity index (χ4v) is 2.62. The fraction of sp³-hybridized carbons (Fsp3) is 0.625. The molecule has 22 heavy (non-hydrogen) atoms. The van der Waals surface area contributed by atoms with Gasteiger partial charge in [-0.2, -0.15) is 0 Å². The van der Waals surface area contributed by atoms with Crippen molar-refractivity contribution in [1.82, 2.24) is 15.2 Å². The highest BCUT2D eigenvalue weighted by Gasteiger charge is 2.21. The first kappa shape index (κ1) is 16.7. The van der Waals surface area contributed by atoms with Crippen LogP contribution in [0.3, 0.4) is 0 Å². The topological polar surface area (TPSA) is 57.7 Å². The van der Waals surface area contributed by atoms with Crippen molar-refractivity contribution in [2.45, 2.75) is 19.4 Å². The maximum absolute atomic E-state index is 12.2. The molecule has 0 radical (unpaired) electrons. The first-order chi connectivity index (χ1) is 10.7. The molecule has 1 unspecified atom stereocenters. The number of carbonyl (C=O) groups excluding carboxylic acids is 1. The molecule has 2 rings (SSSR count). The van der Waals surface area contributed by atoms with Gasteiger partial charge in [0.25, 0.3) is 0 Å². The van der Waals surface area contributed by atoms with Crippen molar-refractivity contribution in [3.8, 4) is 0 Å². The summed E-state index contributed by atoms with van der Waals surface area (Å²) in [7, 11) is 1.68. The van der Waals surface area contributed by atoms with Gasteiger partial charge in [-0.1, -0.05) is 6.07 Å².